The molecule has 17 heavy (non-hydrogen) atoms. The summed E-state index contributed by atoms with van der Waals surface area (Å²) >= 11 is 0. The van der Waals surface area contributed by atoms with Gasteiger partial charge in [-0.05, 0) is 19.3 Å². The zero-order valence-corrected chi connectivity index (χ0v) is 10.5. The van der Waals surface area contributed by atoms with Crippen LogP contribution in [-0.2, 0) is 4.79 Å². The fourth-order valence-corrected chi connectivity index (χ4v) is 2.49. The van der Waals surface area contributed by atoms with Crippen LogP contribution in [0, 0.1) is 5.92 Å². The molecule has 0 N–H and O–H groups in total. The maximum Gasteiger partial charge on any atom is 0.230 e. The quantitative estimate of drug-likeness (QED) is 0.781. The molecule has 1 amide bonds. The van der Waals surface area contributed by atoms with Gasteiger partial charge in [0.2, 0.25) is 5.91 Å². The van der Waals surface area contributed by atoms with Crippen LogP contribution in [0.1, 0.15) is 45.4 Å². The molecule has 0 bridgehead atoms. The van der Waals surface area contributed by atoms with Crippen molar-refractivity contribution in [2.75, 3.05) is 11.4 Å². The highest BCUT2D eigenvalue weighted by Gasteiger charge is 2.28. The predicted molar refractivity (Wildman–Crippen MR) is 67.9 cm³/mol. The molecule has 94 valence electrons. The number of hydrogen-bond donors (Lipinski definition) is 0. The van der Waals surface area contributed by atoms with E-state index < -0.39 is 0 Å². The van der Waals surface area contributed by atoms with Crippen LogP contribution in [0.4, 0.5) is 5.69 Å². The highest BCUT2D eigenvalue weighted by atomic mass is 16.3. The van der Waals surface area contributed by atoms with Gasteiger partial charge in [0, 0.05) is 18.5 Å². The van der Waals surface area contributed by atoms with E-state index in [0.29, 0.717) is 0 Å². The molecule has 0 aromatic carbocycles. The van der Waals surface area contributed by atoms with Crippen molar-refractivity contribution in [3.63, 3.8) is 0 Å². The first-order chi connectivity index (χ1) is 8.33. The Kier molecular flexibility index (Phi) is 4.24. The Bertz CT molecular complexity index is 339. The van der Waals surface area contributed by atoms with Gasteiger partial charge in [-0.2, -0.15) is 0 Å². The highest BCUT2D eigenvalue weighted by Crippen LogP contribution is 2.29. The molecule has 1 aliphatic rings. The van der Waals surface area contributed by atoms with Crippen molar-refractivity contribution in [3.8, 4) is 0 Å². The van der Waals surface area contributed by atoms with E-state index in [1.807, 2.05) is 11.0 Å². The molecule has 1 heterocycles. The first-order valence-electron chi connectivity index (χ1n) is 6.66. The zero-order valence-electron chi connectivity index (χ0n) is 10.5. The standard InChI is InChI=1S/C14H21NO2/c1-2-3-9-15(13-8-10-17-11-13)14(16)12-6-4-5-7-12/h8,10-12H,2-7,9H2,1H3. The Morgan fingerprint density at radius 2 is 2.24 bits per heavy atom. The summed E-state index contributed by atoms with van der Waals surface area (Å²) in [5.41, 5.74) is 0.912. The van der Waals surface area contributed by atoms with Crippen LogP contribution in [0.2, 0.25) is 0 Å². The first kappa shape index (κ1) is 12.2. The minimum Gasteiger partial charge on any atom is -0.470 e. The van der Waals surface area contributed by atoms with E-state index in [1.165, 1.54) is 12.8 Å². The third-order valence-corrected chi connectivity index (χ3v) is 3.52. The van der Waals surface area contributed by atoms with Gasteiger partial charge < -0.3 is 9.32 Å². The fourth-order valence-electron chi connectivity index (χ4n) is 2.49. The Labute approximate surface area is 103 Å². The van der Waals surface area contributed by atoms with Gasteiger partial charge in [0.05, 0.1) is 12.0 Å². The first-order valence-corrected chi connectivity index (χ1v) is 6.66. The smallest absolute Gasteiger partial charge is 0.230 e. The van der Waals surface area contributed by atoms with Gasteiger partial charge in [-0.25, -0.2) is 0 Å². The molecular formula is C14H21NO2. The number of rotatable bonds is 5. The van der Waals surface area contributed by atoms with Gasteiger partial charge in [0.1, 0.15) is 6.26 Å². The molecule has 0 radical (unpaired) electrons. The Morgan fingerprint density at radius 1 is 1.47 bits per heavy atom. The average molecular weight is 235 g/mol. The number of hydrogen-bond acceptors (Lipinski definition) is 2. The Morgan fingerprint density at radius 3 is 2.82 bits per heavy atom. The predicted octanol–water partition coefficient (Wildman–Crippen LogP) is 3.60. The molecular weight excluding hydrogens is 214 g/mol. The molecule has 1 aromatic heterocycles. The van der Waals surface area contributed by atoms with E-state index in [0.717, 1.165) is 37.9 Å². The van der Waals surface area contributed by atoms with Gasteiger partial charge >= 0.3 is 0 Å². The van der Waals surface area contributed by atoms with E-state index >= 15 is 0 Å². The molecule has 1 saturated carbocycles. The summed E-state index contributed by atoms with van der Waals surface area (Å²) in [7, 11) is 0. The van der Waals surface area contributed by atoms with Gasteiger partial charge in [-0.3, -0.25) is 4.79 Å². The molecule has 0 unspecified atom stereocenters. The summed E-state index contributed by atoms with van der Waals surface area (Å²) in [5.74, 6) is 0.527. The van der Waals surface area contributed by atoms with Gasteiger partial charge in [-0.1, -0.05) is 26.2 Å². The SMILES string of the molecule is CCCCN(C(=O)C1CCCC1)c1ccoc1. The normalized spacial score (nSPS) is 16.3. The third kappa shape index (κ3) is 2.90. The van der Waals surface area contributed by atoms with Crippen LogP contribution >= 0.6 is 0 Å². The number of furan rings is 1. The monoisotopic (exact) mass is 235 g/mol. The van der Waals surface area contributed by atoms with Crippen molar-refractivity contribution in [1.82, 2.24) is 0 Å². The van der Waals surface area contributed by atoms with Crippen LogP contribution < -0.4 is 4.90 Å². The molecule has 0 atom stereocenters. The van der Waals surface area contributed by atoms with Crippen molar-refractivity contribution in [3.05, 3.63) is 18.6 Å². The van der Waals surface area contributed by atoms with Crippen LogP contribution in [0.3, 0.4) is 0 Å². The molecule has 2 rings (SSSR count). The summed E-state index contributed by atoms with van der Waals surface area (Å²) in [4.78, 5) is 14.3. The van der Waals surface area contributed by atoms with Crippen molar-refractivity contribution >= 4 is 11.6 Å². The second-order valence-electron chi connectivity index (χ2n) is 4.81. The number of amides is 1. The summed E-state index contributed by atoms with van der Waals surface area (Å²) in [6, 6.07) is 1.88. The molecule has 3 heteroatoms. The van der Waals surface area contributed by atoms with Crippen LogP contribution in [0.5, 0.6) is 0 Å². The number of nitrogens with zero attached hydrogens (tertiary/aromatic N) is 1. The van der Waals surface area contributed by atoms with E-state index in [4.69, 9.17) is 4.42 Å². The lowest BCUT2D eigenvalue weighted by atomic mass is 10.1. The maximum atomic E-state index is 12.4. The number of unbranched alkanes of at least 4 members (excludes halogenated alkanes) is 1. The number of anilines is 1. The molecule has 0 aliphatic heterocycles. The fraction of sp³-hybridized carbons (Fsp3) is 0.643. The largest absolute Gasteiger partial charge is 0.470 e. The maximum absolute atomic E-state index is 12.4. The Hall–Kier alpha value is -1.25. The van der Waals surface area contributed by atoms with Gasteiger partial charge in [-0.15, -0.1) is 0 Å². The molecule has 1 aromatic rings. The average Bonchev–Trinajstić information content (AvgIpc) is 3.02. The zero-order chi connectivity index (χ0) is 12.1. The molecule has 0 saturated heterocycles. The van der Waals surface area contributed by atoms with Crippen LogP contribution in [0.25, 0.3) is 0 Å². The summed E-state index contributed by atoms with van der Waals surface area (Å²) in [5, 5.41) is 0. The highest BCUT2D eigenvalue weighted by molar-refractivity contribution is 5.94. The van der Waals surface area contributed by atoms with Gasteiger partial charge in [0.15, 0.2) is 0 Å². The molecule has 1 fully saturated rings. The molecule has 1 aliphatic carbocycles. The topological polar surface area (TPSA) is 33.5 Å². The van der Waals surface area contributed by atoms with Gasteiger partial charge in [0.25, 0.3) is 0 Å². The van der Waals surface area contributed by atoms with E-state index in [2.05, 4.69) is 6.92 Å². The minimum absolute atomic E-state index is 0.238. The van der Waals surface area contributed by atoms with E-state index in [9.17, 15) is 4.79 Å². The summed E-state index contributed by atoms with van der Waals surface area (Å²) in [6.45, 7) is 2.96. The number of carbonyl (C=O) groups excluding carboxylic acids is 1. The van der Waals surface area contributed by atoms with Crippen LogP contribution in [0.15, 0.2) is 23.0 Å². The Balaban J connectivity index is 2.06. The second kappa shape index (κ2) is 5.89. The number of carbonyl (C=O) groups is 1. The van der Waals surface area contributed by atoms with Crippen molar-refractivity contribution in [2.24, 2.45) is 5.92 Å². The third-order valence-electron chi connectivity index (χ3n) is 3.52. The lowest BCUT2D eigenvalue weighted by molar-refractivity contribution is -0.122. The summed E-state index contributed by atoms with van der Waals surface area (Å²) < 4.78 is 5.09. The molecule has 3 nitrogen and oxygen atoms in total. The lowest BCUT2D eigenvalue weighted by Crippen LogP contribution is -2.35. The molecule has 0 spiro atoms. The van der Waals surface area contributed by atoms with E-state index in [-0.39, 0.29) is 11.8 Å². The van der Waals surface area contributed by atoms with E-state index in [1.54, 1.807) is 12.5 Å². The van der Waals surface area contributed by atoms with Crippen molar-refractivity contribution in [1.29, 1.82) is 0 Å². The van der Waals surface area contributed by atoms with Crippen molar-refractivity contribution < 1.29 is 9.21 Å². The minimum atomic E-state index is 0.238. The van der Waals surface area contributed by atoms with Crippen molar-refractivity contribution in [2.45, 2.75) is 45.4 Å². The van der Waals surface area contributed by atoms with Crippen LogP contribution in [-0.4, -0.2) is 12.5 Å². The second-order valence-corrected chi connectivity index (χ2v) is 4.81. The lowest BCUT2D eigenvalue weighted by Gasteiger charge is -2.24. The summed E-state index contributed by atoms with van der Waals surface area (Å²) in [6.07, 6.45) is 9.96.